The molecule has 2 heterocycles. The first kappa shape index (κ1) is 18.1. The monoisotopic (exact) mass is 404 g/mol. The summed E-state index contributed by atoms with van der Waals surface area (Å²) in [4.78, 5) is 15.1. The lowest BCUT2D eigenvalue weighted by Gasteiger charge is -2.32. The largest absolute Gasteiger partial charge is 0.481 e. The highest BCUT2D eigenvalue weighted by molar-refractivity contribution is 9.10. The van der Waals surface area contributed by atoms with Gasteiger partial charge in [0, 0.05) is 30.0 Å². The van der Waals surface area contributed by atoms with Gasteiger partial charge in [0.25, 0.3) is 5.91 Å². The van der Waals surface area contributed by atoms with Crippen LogP contribution in [0.5, 0.6) is 5.75 Å². The van der Waals surface area contributed by atoms with Crippen LogP contribution in [0.25, 0.3) is 0 Å². The Hall–Kier alpha value is -1.75. The molecule has 0 N–H and O–H groups in total. The van der Waals surface area contributed by atoms with E-state index in [1.54, 1.807) is 0 Å². The Bertz CT molecular complexity index is 711. The molecule has 3 rings (SSSR count). The molecule has 1 amide bonds. The molecule has 0 radical (unpaired) electrons. The summed E-state index contributed by atoms with van der Waals surface area (Å²) >= 11 is 3.42. The lowest BCUT2D eigenvalue weighted by molar-refractivity contribution is -0.140. The van der Waals surface area contributed by atoms with Crippen LogP contribution in [0.1, 0.15) is 44.3 Å². The van der Waals surface area contributed by atoms with Crippen LogP contribution in [0.2, 0.25) is 0 Å². The molecule has 134 valence electrons. The number of carbonyl (C=O) groups is 1. The first-order valence-electron chi connectivity index (χ1n) is 8.90. The van der Waals surface area contributed by atoms with Crippen molar-refractivity contribution in [2.75, 3.05) is 6.54 Å². The van der Waals surface area contributed by atoms with E-state index in [1.165, 1.54) is 12.1 Å². The number of carbonyl (C=O) groups excluding carboxylic acids is 1. The zero-order valence-electron chi connectivity index (χ0n) is 14.8. The Morgan fingerprint density at radius 1 is 1.20 bits per heavy atom. The predicted molar refractivity (Wildman–Crippen MR) is 103 cm³/mol. The molecule has 1 aromatic carbocycles. The highest BCUT2D eigenvalue weighted by Gasteiger charge is 2.31. The number of likely N-dealkylation sites (tertiary alicyclic amines) is 1. The van der Waals surface area contributed by atoms with E-state index in [2.05, 4.69) is 26.6 Å². The molecular formula is C20H25BrN2O2. The molecule has 25 heavy (non-hydrogen) atoms. The maximum Gasteiger partial charge on any atom is 0.263 e. The summed E-state index contributed by atoms with van der Waals surface area (Å²) in [6.45, 7) is 2.64. The molecular weight excluding hydrogens is 380 g/mol. The Labute approximate surface area is 157 Å². The fourth-order valence-electron chi connectivity index (χ4n) is 3.50. The second kappa shape index (κ2) is 8.09. The third kappa shape index (κ3) is 4.27. The molecule has 1 aromatic heterocycles. The minimum Gasteiger partial charge on any atom is -0.481 e. The summed E-state index contributed by atoms with van der Waals surface area (Å²) in [5, 5.41) is 0. The average Bonchev–Trinajstić information content (AvgIpc) is 2.88. The highest BCUT2D eigenvalue weighted by atomic mass is 79.9. The second-order valence-corrected chi connectivity index (χ2v) is 7.57. The molecule has 0 bridgehead atoms. The van der Waals surface area contributed by atoms with Crippen LogP contribution in [0.4, 0.5) is 0 Å². The fourth-order valence-corrected chi connectivity index (χ4v) is 3.77. The van der Waals surface area contributed by atoms with Gasteiger partial charge < -0.3 is 14.2 Å². The van der Waals surface area contributed by atoms with Crippen LogP contribution >= 0.6 is 15.9 Å². The van der Waals surface area contributed by atoms with Crippen LogP contribution < -0.4 is 4.74 Å². The number of benzene rings is 1. The first-order chi connectivity index (χ1) is 12.1. The maximum atomic E-state index is 13.1. The molecule has 5 heteroatoms. The Morgan fingerprint density at radius 2 is 1.96 bits per heavy atom. The maximum absolute atomic E-state index is 13.1. The number of halogens is 1. The first-order valence-corrected chi connectivity index (χ1v) is 9.69. The van der Waals surface area contributed by atoms with Gasteiger partial charge in [-0.05, 0) is 56.2 Å². The topological polar surface area (TPSA) is 34.5 Å². The van der Waals surface area contributed by atoms with Gasteiger partial charge in [-0.1, -0.05) is 28.8 Å². The van der Waals surface area contributed by atoms with Crippen LogP contribution in [-0.4, -0.2) is 28.0 Å². The quantitative estimate of drug-likeness (QED) is 0.739. The number of hydrogen-bond donors (Lipinski definition) is 0. The van der Waals surface area contributed by atoms with E-state index in [0.29, 0.717) is 5.75 Å². The number of amides is 1. The molecule has 0 aliphatic carbocycles. The molecule has 2 atom stereocenters. The van der Waals surface area contributed by atoms with Crippen molar-refractivity contribution in [3.05, 3.63) is 52.8 Å². The fraction of sp³-hybridized carbons (Fsp3) is 0.450. The average molecular weight is 405 g/mol. The van der Waals surface area contributed by atoms with Crippen LogP contribution in [-0.2, 0) is 11.8 Å². The number of aryl methyl sites for hydroxylation is 1. The summed E-state index contributed by atoms with van der Waals surface area (Å²) in [6, 6.07) is 11.9. The number of hydrogen-bond acceptors (Lipinski definition) is 2. The molecule has 4 nitrogen and oxygen atoms in total. The third-order valence-electron chi connectivity index (χ3n) is 4.84. The summed E-state index contributed by atoms with van der Waals surface area (Å²) < 4.78 is 9.02. The van der Waals surface area contributed by atoms with Crippen molar-refractivity contribution >= 4 is 21.8 Å². The summed E-state index contributed by atoms with van der Waals surface area (Å²) in [5.74, 6) is 0.783. The molecule has 0 saturated carbocycles. The van der Waals surface area contributed by atoms with E-state index in [9.17, 15) is 4.79 Å². The van der Waals surface area contributed by atoms with E-state index >= 15 is 0 Å². The second-order valence-electron chi connectivity index (χ2n) is 6.65. The van der Waals surface area contributed by atoms with Crippen LogP contribution in [0.3, 0.4) is 0 Å². The van der Waals surface area contributed by atoms with Crippen LogP contribution in [0, 0.1) is 0 Å². The minimum absolute atomic E-state index is 0.0658. The zero-order chi connectivity index (χ0) is 17.8. The molecule has 2 aromatic rings. The third-order valence-corrected chi connectivity index (χ3v) is 5.36. The van der Waals surface area contributed by atoms with Gasteiger partial charge in [0.2, 0.25) is 0 Å². The van der Waals surface area contributed by atoms with E-state index in [1.807, 2.05) is 55.4 Å². The van der Waals surface area contributed by atoms with Gasteiger partial charge >= 0.3 is 0 Å². The number of ether oxygens (including phenoxy) is 1. The van der Waals surface area contributed by atoms with Crippen LogP contribution in [0.15, 0.2) is 47.1 Å². The van der Waals surface area contributed by atoms with Gasteiger partial charge in [0.05, 0.1) is 6.04 Å². The van der Waals surface area contributed by atoms with E-state index in [-0.39, 0.29) is 11.9 Å². The number of nitrogens with zero attached hydrogens (tertiary/aromatic N) is 2. The van der Waals surface area contributed by atoms with E-state index < -0.39 is 6.10 Å². The van der Waals surface area contributed by atoms with Crippen molar-refractivity contribution < 1.29 is 9.53 Å². The summed E-state index contributed by atoms with van der Waals surface area (Å²) in [7, 11) is 2.05. The van der Waals surface area contributed by atoms with Crippen molar-refractivity contribution in [2.24, 2.45) is 7.05 Å². The lowest BCUT2D eigenvalue weighted by Crippen LogP contribution is -2.43. The van der Waals surface area contributed by atoms with Gasteiger partial charge in [-0.15, -0.1) is 0 Å². The van der Waals surface area contributed by atoms with Gasteiger partial charge in [-0.25, -0.2) is 0 Å². The SMILES string of the molecule is C[C@H](Oc1ccc(Br)cc1)C(=O)N1CCCCC[C@@H]1c1cccn1C. The Kier molecular flexibility index (Phi) is 5.84. The van der Waals surface area contributed by atoms with Gasteiger partial charge in [-0.3, -0.25) is 4.79 Å². The Balaban J connectivity index is 1.77. The van der Waals surface area contributed by atoms with Crippen molar-refractivity contribution in [2.45, 2.75) is 44.8 Å². The molecule has 1 fully saturated rings. The van der Waals surface area contributed by atoms with Crippen molar-refractivity contribution in [3.63, 3.8) is 0 Å². The Morgan fingerprint density at radius 3 is 2.64 bits per heavy atom. The zero-order valence-corrected chi connectivity index (χ0v) is 16.4. The normalized spacial score (nSPS) is 19.3. The van der Waals surface area contributed by atoms with Crippen molar-refractivity contribution in [3.8, 4) is 5.75 Å². The number of rotatable bonds is 4. The highest BCUT2D eigenvalue weighted by Crippen LogP contribution is 2.31. The molecule has 1 saturated heterocycles. The number of aromatic nitrogens is 1. The summed E-state index contributed by atoms with van der Waals surface area (Å²) in [6.07, 6.45) is 5.94. The van der Waals surface area contributed by atoms with Crippen molar-refractivity contribution in [1.82, 2.24) is 9.47 Å². The molecule has 1 aliphatic rings. The van der Waals surface area contributed by atoms with Gasteiger partial charge in [0.15, 0.2) is 6.10 Å². The van der Waals surface area contributed by atoms with E-state index in [4.69, 9.17) is 4.74 Å². The lowest BCUT2D eigenvalue weighted by atomic mass is 10.1. The van der Waals surface area contributed by atoms with E-state index in [0.717, 1.165) is 30.3 Å². The minimum atomic E-state index is -0.498. The predicted octanol–water partition coefficient (Wildman–Crippen LogP) is 4.70. The summed E-state index contributed by atoms with van der Waals surface area (Å²) in [5.41, 5.74) is 1.20. The van der Waals surface area contributed by atoms with Gasteiger partial charge in [-0.2, -0.15) is 0 Å². The molecule has 0 spiro atoms. The van der Waals surface area contributed by atoms with Crippen molar-refractivity contribution in [1.29, 1.82) is 0 Å². The van der Waals surface area contributed by atoms with Gasteiger partial charge in [0.1, 0.15) is 5.75 Å². The standard InChI is InChI=1S/C20H25BrN2O2/c1-15(25-17-11-9-16(21)10-12-17)20(24)23-14-5-3-4-7-19(23)18-8-6-13-22(18)2/h6,8-13,15,19H,3-5,7,14H2,1-2H3/t15-,19+/m0/s1. The molecule has 1 aliphatic heterocycles. The smallest absolute Gasteiger partial charge is 0.263 e. The molecule has 0 unspecified atom stereocenters.